The second kappa shape index (κ2) is 11.2. The van der Waals surface area contributed by atoms with Crippen LogP contribution in [0.4, 0.5) is 0 Å². The van der Waals surface area contributed by atoms with Crippen molar-refractivity contribution >= 4 is 17.0 Å². The summed E-state index contributed by atoms with van der Waals surface area (Å²) in [6.45, 7) is 8.81. The van der Waals surface area contributed by atoms with Crippen molar-refractivity contribution in [2.45, 2.75) is 78.1 Å². The van der Waals surface area contributed by atoms with E-state index in [-0.39, 0.29) is 23.3 Å². The van der Waals surface area contributed by atoms with Crippen LogP contribution in [0.1, 0.15) is 77.3 Å². The van der Waals surface area contributed by atoms with E-state index in [4.69, 9.17) is 4.74 Å². The monoisotopic (exact) mass is 449 g/mol. The molecule has 33 heavy (non-hydrogen) atoms. The number of phenols is 1. The molecule has 0 aliphatic rings. The van der Waals surface area contributed by atoms with Gasteiger partial charge in [0, 0.05) is 12.0 Å². The van der Waals surface area contributed by atoms with Gasteiger partial charge in [-0.25, -0.2) is 4.79 Å². The van der Waals surface area contributed by atoms with E-state index >= 15 is 0 Å². The highest BCUT2D eigenvalue weighted by molar-refractivity contribution is 5.74. The summed E-state index contributed by atoms with van der Waals surface area (Å²) in [5.41, 5.74) is 3.23. The lowest BCUT2D eigenvalue weighted by Crippen LogP contribution is -2.17. The SMILES string of the molecule is CCCCCCCCOC(=C=O)Cc1ccc(-n2nc3ccccc3n2)c(O)c1C(C)(C)C. The van der Waals surface area contributed by atoms with Gasteiger partial charge in [-0.2, -0.15) is 0 Å². The molecule has 0 amide bonds. The summed E-state index contributed by atoms with van der Waals surface area (Å²) >= 11 is 0. The van der Waals surface area contributed by atoms with Gasteiger partial charge in [-0.05, 0) is 35.6 Å². The lowest BCUT2D eigenvalue weighted by molar-refractivity contribution is 0.202. The molecule has 2 aromatic carbocycles. The van der Waals surface area contributed by atoms with Gasteiger partial charge in [-0.1, -0.05) is 78.0 Å². The van der Waals surface area contributed by atoms with E-state index in [9.17, 15) is 9.90 Å². The molecule has 1 N–H and O–H groups in total. The van der Waals surface area contributed by atoms with Crippen LogP contribution in [0.5, 0.6) is 5.75 Å². The molecule has 0 unspecified atom stereocenters. The van der Waals surface area contributed by atoms with Crippen LogP contribution in [0, 0.1) is 0 Å². The number of ether oxygens (including phenoxy) is 1. The van der Waals surface area contributed by atoms with E-state index in [1.54, 1.807) is 6.07 Å². The van der Waals surface area contributed by atoms with E-state index in [0.717, 1.165) is 35.0 Å². The highest BCUT2D eigenvalue weighted by Crippen LogP contribution is 2.38. The smallest absolute Gasteiger partial charge is 0.183 e. The quantitative estimate of drug-likeness (QED) is 0.219. The highest BCUT2D eigenvalue weighted by atomic mass is 16.5. The maximum atomic E-state index is 11.6. The first kappa shape index (κ1) is 24.5. The van der Waals surface area contributed by atoms with E-state index in [0.29, 0.717) is 12.3 Å². The average Bonchev–Trinajstić information content (AvgIpc) is 3.20. The normalized spacial score (nSPS) is 11.5. The number of fused-ring (bicyclic) bond motifs is 1. The number of benzene rings is 2. The number of hydrogen-bond donors (Lipinski definition) is 1. The Kier molecular flexibility index (Phi) is 8.29. The molecule has 0 fully saturated rings. The Bertz CT molecular complexity index is 1090. The van der Waals surface area contributed by atoms with Gasteiger partial charge in [0.05, 0.1) is 6.61 Å². The van der Waals surface area contributed by atoms with Crippen LogP contribution in [0.2, 0.25) is 0 Å². The summed E-state index contributed by atoms with van der Waals surface area (Å²) in [4.78, 5) is 13.0. The van der Waals surface area contributed by atoms with Crippen molar-refractivity contribution in [3.63, 3.8) is 0 Å². The van der Waals surface area contributed by atoms with Crippen molar-refractivity contribution in [3.8, 4) is 11.4 Å². The Balaban J connectivity index is 1.79. The first-order chi connectivity index (χ1) is 15.8. The predicted octanol–water partition coefficient (Wildman–Crippen LogP) is 6.06. The summed E-state index contributed by atoms with van der Waals surface area (Å²) in [6.07, 6.45) is 7.23. The minimum absolute atomic E-state index is 0.112. The van der Waals surface area contributed by atoms with Crippen LogP contribution < -0.4 is 0 Å². The van der Waals surface area contributed by atoms with Gasteiger partial charge in [0.1, 0.15) is 22.5 Å². The van der Waals surface area contributed by atoms with Crippen LogP contribution in [0.15, 0.2) is 42.2 Å². The van der Waals surface area contributed by atoms with Crippen LogP contribution in [-0.4, -0.2) is 32.6 Å². The fourth-order valence-corrected chi connectivity index (χ4v) is 4.10. The zero-order chi connectivity index (χ0) is 23.8. The van der Waals surface area contributed by atoms with E-state index < -0.39 is 0 Å². The fourth-order valence-electron chi connectivity index (χ4n) is 4.10. The second-order valence-electron chi connectivity index (χ2n) is 9.51. The van der Waals surface area contributed by atoms with Gasteiger partial charge in [-0.3, -0.25) is 0 Å². The number of carbonyl (C=O) groups excluding carboxylic acids is 1. The topological polar surface area (TPSA) is 77.2 Å². The molecular weight excluding hydrogens is 414 g/mol. The number of phenolic OH excluding ortho intramolecular Hbond substituents is 1. The first-order valence-corrected chi connectivity index (χ1v) is 11.9. The van der Waals surface area contributed by atoms with E-state index in [2.05, 4.69) is 17.1 Å². The minimum atomic E-state index is -0.366. The van der Waals surface area contributed by atoms with E-state index in [1.165, 1.54) is 30.5 Å². The number of rotatable bonds is 11. The molecule has 0 aliphatic heterocycles. The van der Waals surface area contributed by atoms with Gasteiger partial charge >= 0.3 is 0 Å². The number of unbranched alkanes of at least 4 members (excludes halogenated alkanes) is 5. The number of allylic oxidation sites excluding steroid dienone is 1. The zero-order valence-electron chi connectivity index (χ0n) is 20.2. The molecule has 176 valence electrons. The fraction of sp³-hybridized carbons (Fsp3) is 0.481. The minimum Gasteiger partial charge on any atom is -0.505 e. The predicted molar refractivity (Wildman–Crippen MR) is 131 cm³/mol. The summed E-state index contributed by atoms with van der Waals surface area (Å²) in [6, 6.07) is 11.3. The molecule has 1 aromatic heterocycles. The highest BCUT2D eigenvalue weighted by Gasteiger charge is 2.26. The average molecular weight is 450 g/mol. The maximum Gasteiger partial charge on any atom is 0.183 e. The van der Waals surface area contributed by atoms with Crippen LogP contribution in [0.3, 0.4) is 0 Å². The summed E-state index contributed by atoms with van der Waals surface area (Å²) in [5.74, 6) is 2.34. The third kappa shape index (κ3) is 6.23. The Hall–Kier alpha value is -3.11. The number of aromatic nitrogens is 3. The number of aromatic hydroxyl groups is 1. The van der Waals surface area contributed by atoms with E-state index in [1.807, 2.05) is 57.0 Å². The van der Waals surface area contributed by atoms with Crippen molar-refractivity contribution < 1.29 is 14.6 Å². The number of hydrogen-bond acceptors (Lipinski definition) is 5. The van der Waals surface area contributed by atoms with Crippen LogP contribution >= 0.6 is 0 Å². The Morgan fingerprint density at radius 1 is 1.00 bits per heavy atom. The van der Waals surface area contributed by atoms with Crippen molar-refractivity contribution in [1.82, 2.24) is 15.0 Å². The standard InChI is InChI=1S/C27H35N3O3/c1-5-6-7-8-9-12-17-33-21(19-31)18-20-15-16-24(26(32)25(20)27(2,3)4)30-28-22-13-10-11-14-23(22)29-30/h10-11,13-16,32H,5-9,12,17-18H2,1-4H3. The van der Waals surface area contributed by atoms with Crippen molar-refractivity contribution in [3.05, 3.63) is 53.3 Å². The Morgan fingerprint density at radius 2 is 1.64 bits per heavy atom. The molecule has 1 heterocycles. The van der Waals surface area contributed by atoms with Gasteiger partial charge in [0.15, 0.2) is 11.7 Å². The molecular formula is C27H35N3O3. The third-order valence-electron chi connectivity index (χ3n) is 5.73. The zero-order valence-corrected chi connectivity index (χ0v) is 20.2. The van der Waals surface area contributed by atoms with Gasteiger partial charge < -0.3 is 9.84 Å². The van der Waals surface area contributed by atoms with Crippen LogP contribution in [0.25, 0.3) is 16.7 Å². The molecule has 6 nitrogen and oxygen atoms in total. The second-order valence-corrected chi connectivity index (χ2v) is 9.51. The molecule has 0 saturated heterocycles. The number of nitrogens with zero attached hydrogens (tertiary/aromatic N) is 3. The Labute approximate surface area is 196 Å². The third-order valence-corrected chi connectivity index (χ3v) is 5.73. The van der Waals surface area contributed by atoms with Gasteiger partial charge in [-0.15, -0.1) is 15.0 Å². The molecule has 0 atom stereocenters. The van der Waals surface area contributed by atoms with Crippen molar-refractivity contribution in [1.29, 1.82) is 0 Å². The summed E-state index contributed by atoms with van der Waals surface area (Å²) in [7, 11) is 0. The van der Waals surface area contributed by atoms with Crippen molar-refractivity contribution in [2.75, 3.05) is 6.61 Å². The lowest BCUT2D eigenvalue weighted by atomic mass is 9.81. The molecule has 3 rings (SSSR count). The Morgan fingerprint density at radius 3 is 2.24 bits per heavy atom. The molecule has 0 saturated carbocycles. The first-order valence-electron chi connectivity index (χ1n) is 11.9. The molecule has 6 heteroatoms. The summed E-state index contributed by atoms with van der Waals surface area (Å²) < 4.78 is 5.75. The lowest BCUT2D eigenvalue weighted by Gasteiger charge is -2.25. The van der Waals surface area contributed by atoms with Crippen molar-refractivity contribution in [2.24, 2.45) is 0 Å². The molecule has 0 bridgehead atoms. The van der Waals surface area contributed by atoms with Gasteiger partial charge in [0.2, 0.25) is 0 Å². The molecule has 0 radical (unpaired) electrons. The molecule has 0 aliphatic carbocycles. The summed E-state index contributed by atoms with van der Waals surface area (Å²) in [5, 5.41) is 20.2. The van der Waals surface area contributed by atoms with Crippen LogP contribution in [-0.2, 0) is 21.4 Å². The largest absolute Gasteiger partial charge is 0.505 e. The van der Waals surface area contributed by atoms with Gasteiger partial charge in [0.25, 0.3) is 0 Å². The molecule has 0 spiro atoms. The maximum absolute atomic E-state index is 11.6. The molecule has 3 aromatic rings.